The van der Waals surface area contributed by atoms with Gasteiger partial charge in [-0.1, -0.05) is 19.8 Å². The second-order valence-corrected chi connectivity index (χ2v) is 7.71. The van der Waals surface area contributed by atoms with E-state index in [1.165, 1.54) is 4.31 Å². The molecule has 1 saturated heterocycles. The standard InChI is InChI=1S/C14H26N2O5S/c1-2-3-7-12(14(18)19)15-13(17)8-6-11-22(20,21)16-9-4-5-10-16/h12H,2-11H2,1H3,(H,15,17)(H,18,19). The molecular formula is C14H26N2O5S. The van der Waals surface area contributed by atoms with E-state index in [0.29, 0.717) is 19.5 Å². The average Bonchev–Trinajstić information content (AvgIpc) is 2.97. The molecule has 1 aliphatic rings. The molecule has 22 heavy (non-hydrogen) atoms. The van der Waals surface area contributed by atoms with Crippen molar-refractivity contribution >= 4 is 21.9 Å². The molecule has 2 N–H and O–H groups in total. The Balaban J connectivity index is 2.34. The fourth-order valence-corrected chi connectivity index (χ4v) is 4.02. The SMILES string of the molecule is CCCCC(NC(=O)CCCS(=O)(=O)N1CCCC1)C(=O)O. The Morgan fingerprint density at radius 1 is 1.23 bits per heavy atom. The first-order valence-corrected chi connectivity index (χ1v) is 9.47. The smallest absolute Gasteiger partial charge is 0.326 e. The van der Waals surface area contributed by atoms with Crippen molar-refractivity contribution in [2.75, 3.05) is 18.8 Å². The summed E-state index contributed by atoms with van der Waals surface area (Å²) in [6.07, 6.45) is 3.99. The van der Waals surface area contributed by atoms with Gasteiger partial charge >= 0.3 is 5.97 Å². The molecule has 0 spiro atoms. The number of nitrogens with zero attached hydrogens (tertiary/aromatic N) is 1. The third kappa shape index (κ3) is 6.31. The van der Waals surface area contributed by atoms with Gasteiger partial charge in [0.05, 0.1) is 5.75 Å². The van der Waals surface area contributed by atoms with E-state index in [2.05, 4.69) is 5.32 Å². The molecule has 0 bridgehead atoms. The van der Waals surface area contributed by atoms with E-state index in [9.17, 15) is 18.0 Å². The van der Waals surface area contributed by atoms with Gasteiger partial charge in [0.1, 0.15) is 6.04 Å². The van der Waals surface area contributed by atoms with Gasteiger partial charge in [0.2, 0.25) is 15.9 Å². The number of carboxylic acids is 1. The van der Waals surface area contributed by atoms with Gasteiger partial charge in [0.25, 0.3) is 0 Å². The first-order chi connectivity index (χ1) is 10.4. The average molecular weight is 334 g/mol. The molecule has 1 atom stereocenters. The highest BCUT2D eigenvalue weighted by Gasteiger charge is 2.25. The topological polar surface area (TPSA) is 104 Å². The van der Waals surface area contributed by atoms with Crippen LogP contribution in [0.1, 0.15) is 51.9 Å². The van der Waals surface area contributed by atoms with E-state index in [1.54, 1.807) is 0 Å². The molecule has 0 aromatic rings. The second kappa shape index (κ2) is 9.09. The number of rotatable bonds is 10. The monoisotopic (exact) mass is 334 g/mol. The maximum absolute atomic E-state index is 12.0. The van der Waals surface area contributed by atoms with Crippen LogP contribution in [0.4, 0.5) is 0 Å². The molecule has 0 saturated carbocycles. The van der Waals surface area contributed by atoms with Crippen LogP contribution in [0.15, 0.2) is 0 Å². The summed E-state index contributed by atoms with van der Waals surface area (Å²) in [7, 11) is -3.28. The lowest BCUT2D eigenvalue weighted by Crippen LogP contribution is -2.40. The van der Waals surface area contributed by atoms with Gasteiger partial charge in [-0.3, -0.25) is 4.79 Å². The fraction of sp³-hybridized carbons (Fsp3) is 0.857. The Morgan fingerprint density at radius 2 is 1.86 bits per heavy atom. The number of unbranched alkanes of at least 4 members (excludes halogenated alkanes) is 1. The Morgan fingerprint density at radius 3 is 2.41 bits per heavy atom. The van der Waals surface area contributed by atoms with E-state index in [1.807, 2.05) is 6.92 Å². The number of hydrogen-bond acceptors (Lipinski definition) is 4. The molecule has 1 aliphatic heterocycles. The number of hydrogen-bond donors (Lipinski definition) is 2. The van der Waals surface area contributed by atoms with Crippen molar-refractivity contribution in [3.05, 3.63) is 0 Å². The molecule has 0 aliphatic carbocycles. The number of carbonyl (C=O) groups excluding carboxylic acids is 1. The summed E-state index contributed by atoms with van der Waals surface area (Å²) in [6, 6.07) is -0.886. The minimum Gasteiger partial charge on any atom is -0.480 e. The summed E-state index contributed by atoms with van der Waals surface area (Å²) in [5.41, 5.74) is 0. The lowest BCUT2D eigenvalue weighted by atomic mass is 10.1. The predicted octanol–water partition coefficient (Wildman–Crippen LogP) is 0.952. The molecule has 1 rings (SSSR count). The van der Waals surface area contributed by atoms with Crippen LogP contribution in [0.25, 0.3) is 0 Å². The minimum absolute atomic E-state index is 0.0307. The van der Waals surface area contributed by atoms with Crippen LogP contribution in [0.5, 0.6) is 0 Å². The minimum atomic E-state index is -3.28. The van der Waals surface area contributed by atoms with Crippen LogP contribution < -0.4 is 5.32 Å². The summed E-state index contributed by atoms with van der Waals surface area (Å²) in [5, 5.41) is 11.5. The fourth-order valence-electron chi connectivity index (χ4n) is 2.44. The Hall–Kier alpha value is -1.15. The predicted molar refractivity (Wildman–Crippen MR) is 82.9 cm³/mol. The molecule has 0 radical (unpaired) electrons. The van der Waals surface area contributed by atoms with Crippen LogP contribution in [0.3, 0.4) is 0 Å². The van der Waals surface area contributed by atoms with Crippen LogP contribution in [0.2, 0.25) is 0 Å². The molecule has 0 aromatic carbocycles. The first kappa shape index (κ1) is 18.9. The van der Waals surface area contributed by atoms with E-state index in [0.717, 1.165) is 25.7 Å². The quantitative estimate of drug-likeness (QED) is 0.619. The van der Waals surface area contributed by atoms with Crippen molar-refractivity contribution < 1.29 is 23.1 Å². The third-order valence-corrected chi connectivity index (χ3v) is 5.70. The number of sulfonamides is 1. The largest absolute Gasteiger partial charge is 0.480 e. The zero-order chi connectivity index (χ0) is 16.6. The Labute approximate surface area is 132 Å². The number of carboxylic acid groups (broad SMARTS) is 1. The highest BCUT2D eigenvalue weighted by Crippen LogP contribution is 2.14. The van der Waals surface area contributed by atoms with Crippen molar-refractivity contribution in [1.29, 1.82) is 0 Å². The zero-order valence-electron chi connectivity index (χ0n) is 13.1. The number of carbonyl (C=O) groups is 2. The lowest BCUT2D eigenvalue weighted by Gasteiger charge is -2.16. The number of amides is 1. The van der Waals surface area contributed by atoms with Crippen molar-refractivity contribution in [3.8, 4) is 0 Å². The summed E-state index contributed by atoms with van der Waals surface area (Å²) < 4.78 is 25.4. The van der Waals surface area contributed by atoms with Gasteiger partial charge in [-0.05, 0) is 25.7 Å². The highest BCUT2D eigenvalue weighted by atomic mass is 32.2. The van der Waals surface area contributed by atoms with Gasteiger partial charge < -0.3 is 10.4 Å². The van der Waals surface area contributed by atoms with Gasteiger partial charge in [0.15, 0.2) is 0 Å². The summed E-state index contributed by atoms with van der Waals surface area (Å²) >= 11 is 0. The number of nitrogens with one attached hydrogen (secondary N) is 1. The first-order valence-electron chi connectivity index (χ1n) is 7.87. The Kier molecular flexibility index (Phi) is 7.81. The van der Waals surface area contributed by atoms with E-state index in [4.69, 9.17) is 5.11 Å². The van der Waals surface area contributed by atoms with Gasteiger partial charge in [0, 0.05) is 19.5 Å². The van der Waals surface area contributed by atoms with Crippen LogP contribution in [0, 0.1) is 0 Å². The second-order valence-electron chi connectivity index (χ2n) is 5.63. The Bertz CT molecular complexity index is 472. The molecule has 1 fully saturated rings. The third-order valence-electron chi connectivity index (χ3n) is 3.74. The maximum atomic E-state index is 12.0. The molecule has 0 aromatic heterocycles. The van der Waals surface area contributed by atoms with Crippen LogP contribution in [-0.2, 0) is 19.6 Å². The molecule has 8 heteroatoms. The normalized spacial score (nSPS) is 17.3. The summed E-state index contributed by atoms with van der Waals surface area (Å²) in [4.78, 5) is 22.8. The van der Waals surface area contributed by atoms with Crippen molar-refractivity contribution in [2.45, 2.75) is 57.9 Å². The van der Waals surface area contributed by atoms with Gasteiger partial charge in [-0.2, -0.15) is 0 Å². The highest BCUT2D eigenvalue weighted by molar-refractivity contribution is 7.89. The van der Waals surface area contributed by atoms with E-state index >= 15 is 0 Å². The number of aliphatic carboxylic acids is 1. The van der Waals surface area contributed by atoms with E-state index < -0.39 is 27.9 Å². The molecule has 128 valence electrons. The van der Waals surface area contributed by atoms with Gasteiger partial charge in [-0.25, -0.2) is 17.5 Å². The molecule has 7 nitrogen and oxygen atoms in total. The van der Waals surface area contributed by atoms with Crippen molar-refractivity contribution in [1.82, 2.24) is 9.62 Å². The zero-order valence-corrected chi connectivity index (χ0v) is 13.9. The van der Waals surface area contributed by atoms with Crippen molar-refractivity contribution in [2.24, 2.45) is 0 Å². The van der Waals surface area contributed by atoms with Crippen LogP contribution >= 0.6 is 0 Å². The van der Waals surface area contributed by atoms with E-state index in [-0.39, 0.29) is 18.6 Å². The van der Waals surface area contributed by atoms with Crippen LogP contribution in [-0.4, -0.2) is 54.6 Å². The summed E-state index contributed by atoms with van der Waals surface area (Å²) in [6.45, 7) is 3.07. The molecular weight excluding hydrogens is 308 g/mol. The molecule has 1 unspecified atom stereocenters. The van der Waals surface area contributed by atoms with Gasteiger partial charge in [-0.15, -0.1) is 0 Å². The lowest BCUT2D eigenvalue weighted by molar-refractivity contribution is -0.142. The molecule has 1 heterocycles. The summed E-state index contributed by atoms with van der Waals surface area (Å²) in [5.74, 6) is -1.51. The van der Waals surface area contributed by atoms with Crippen molar-refractivity contribution in [3.63, 3.8) is 0 Å². The maximum Gasteiger partial charge on any atom is 0.326 e. The molecule has 1 amide bonds.